The van der Waals surface area contributed by atoms with Gasteiger partial charge in [-0.25, -0.2) is 13.6 Å². The van der Waals surface area contributed by atoms with Crippen LogP contribution >= 0.6 is 22.6 Å². The van der Waals surface area contributed by atoms with Crippen LogP contribution in [0.4, 0.5) is 14.5 Å². The fourth-order valence-corrected chi connectivity index (χ4v) is 2.67. The van der Waals surface area contributed by atoms with Crippen LogP contribution in [-0.2, 0) is 0 Å². The summed E-state index contributed by atoms with van der Waals surface area (Å²) in [4.78, 5) is 13.2. The molecule has 0 amide bonds. The van der Waals surface area contributed by atoms with E-state index in [9.17, 15) is 13.6 Å². The molecule has 2 aromatic carbocycles. The maximum atomic E-state index is 13.1. The molecule has 0 unspecified atom stereocenters. The van der Waals surface area contributed by atoms with Gasteiger partial charge in [0.2, 0.25) is 0 Å². The Bertz CT molecular complexity index is 834. The third kappa shape index (κ3) is 4.91. The van der Waals surface area contributed by atoms with Crippen LogP contribution in [0.25, 0.3) is 10.9 Å². The molecule has 4 N–H and O–H groups in total. The molecular weight excluding hydrogens is 441 g/mol. The summed E-state index contributed by atoms with van der Waals surface area (Å²) in [5.41, 5.74) is 7.67. The lowest BCUT2D eigenvalue weighted by molar-refractivity contribution is 0.0691. The van der Waals surface area contributed by atoms with Crippen molar-refractivity contribution in [2.24, 2.45) is 0 Å². The van der Waals surface area contributed by atoms with Crippen molar-refractivity contribution < 1.29 is 18.7 Å². The van der Waals surface area contributed by atoms with Crippen molar-refractivity contribution >= 4 is 45.2 Å². The zero-order valence-electron chi connectivity index (χ0n) is 13.0. The normalized spacial score (nSPS) is 9.96. The summed E-state index contributed by atoms with van der Waals surface area (Å²) in [6.07, 6.45) is 0. The molecule has 0 aliphatic rings. The summed E-state index contributed by atoms with van der Waals surface area (Å²) in [5.74, 6) is -1.62. The number of hydrogen-bond acceptors (Lipinski definition) is 2. The number of rotatable bonds is 1. The average molecular weight is 460 g/mol. The van der Waals surface area contributed by atoms with Gasteiger partial charge in [0.15, 0.2) is 0 Å². The minimum absolute atomic E-state index is 0. The van der Waals surface area contributed by atoms with Crippen LogP contribution in [0.2, 0.25) is 0 Å². The van der Waals surface area contributed by atoms with E-state index in [4.69, 9.17) is 10.8 Å². The minimum atomic E-state index is -1.04. The van der Waals surface area contributed by atoms with E-state index in [-0.39, 0.29) is 24.8 Å². The molecule has 1 heterocycles. The molecule has 0 saturated heterocycles. The van der Waals surface area contributed by atoms with E-state index in [1.54, 1.807) is 26.0 Å². The molecule has 0 spiro atoms. The number of halogens is 3. The topological polar surface area (TPSA) is 79.1 Å². The first kappa shape index (κ1) is 20.9. The molecule has 1 aromatic heterocycles. The van der Waals surface area contributed by atoms with Crippen molar-refractivity contribution in [2.75, 3.05) is 5.73 Å². The Morgan fingerprint density at radius 1 is 1.08 bits per heavy atom. The number of aromatic nitrogens is 1. The molecule has 0 radical (unpaired) electrons. The second-order valence-electron chi connectivity index (χ2n) is 5.30. The number of carboxylic acid groups (broad SMARTS) is 1. The fourth-order valence-electron chi connectivity index (χ4n) is 2.05. The van der Waals surface area contributed by atoms with Gasteiger partial charge < -0.3 is 15.8 Å². The number of anilines is 1. The highest BCUT2D eigenvalue weighted by Gasteiger charge is 2.08. The van der Waals surface area contributed by atoms with Crippen molar-refractivity contribution in [3.63, 3.8) is 0 Å². The number of nitrogens with one attached hydrogen (secondary N) is 1. The highest BCUT2D eigenvalue weighted by atomic mass is 127. The smallest absolute Gasteiger partial charge is 0.352 e. The van der Waals surface area contributed by atoms with E-state index in [2.05, 4.69) is 27.6 Å². The molecule has 134 valence electrons. The summed E-state index contributed by atoms with van der Waals surface area (Å²) in [7, 11) is 0. The minimum Gasteiger partial charge on any atom is -0.477 e. The molecule has 3 rings (SSSR count). The second kappa shape index (κ2) is 8.28. The number of carbonyl (C=O) groups is 1. The highest BCUT2D eigenvalue weighted by Crippen LogP contribution is 2.20. The molecule has 4 nitrogen and oxygen atoms in total. The Morgan fingerprint density at radius 3 is 2.20 bits per heavy atom. The number of aromatic carboxylic acids is 1. The van der Waals surface area contributed by atoms with E-state index in [1.165, 1.54) is 18.2 Å². The van der Waals surface area contributed by atoms with Gasteiger partial charge in [-0.15, -0.1) is 0 Å². The third-order valence-corrected chi connectivity index (χ3v) is 4.34. The molecule has 0 bridgehead atoms. The zero-order chi connectivity index (χ0) is 18.0. The van der Waals surface area contributed by atoms with Crippen LogP contribution in [0.5, 0.6) is 0 Å². The van der Waals surface area contributed by atoms with Crippen molar-refractivity contribution in [1.82, 2.24) is 4.98 Å². The van der Waals surface area contributed by atoms with Crippen LogP contribution in [0.1, 0.15) is 29.0 Å². The van der Waals surface area contributed by atoms with E-state index in [1.807, 2.05) is 0 Å². The maximum Gasteiger partial charge on any atom is 0.352 e. The maximum absolute atomic E-state index is 13.1. The van der Waals surface area contributed by atoms with Crippen LogP contribution in [0, 0.1) is 29.1 Å². The van der Waals surface area contributed by atoms with E-state index < -0.39 is 5.97 Å². The van der Waals surface area contributed by atoms with Gasteiger partial charge in [-0.1, -0.05) is 7.43 Å². The van der Waals surface area contributed by atoms with E-state index >= 15 is 0 Å². The van der Waals surface area contributed by atoms with Crippen LogP contribution in [0.15, 0.2) is 30.3 Å². The molecular formula is C18H19F2IN2O2. The van der Waals surface area contributed by atoms with Crippen LogP contribution < -0.4 is 5.73 Å². The molecule has 7 heteroatoms. The van der Waals surface area contributed by atoms with Gasteiger partial charge in [-0.05, 0) is 77.9 Å². The highest BCUT2D eigenvalue weighted by molar-refractivity contribution is 14.1. The second-order valence-corrected chi connectivity index (χ2v) is 6.46. The number of carboxylic acids is 1. The number of H-pyrrole nitrogens is 1. The molecule has 0 saturated carbocycles. The molecule has 0 aliphatic carbocycles. The van der Waals surface area contributed by atoms with Gasteiger partial charge in [0.05, 0.1) is 0 Å². The summed E-state index contributed by atoms with van der Waals surface area (Å²) in [6, 6.07) is 7.48. The average Bonchev–Trinajstić information content (AvgIpc) is 2.89. The molecule has 3 aromatic rings. The molecule has 0 aliphatic heterocycles. The summed E-state index contributed by atoms with van der Waals surface area (Å²) < 4.78 is 26.7. The van der Waals surface area contributed by atoms with Gasteiger partial charge >= 0.3 is 5.97 Å². The standard InChI is InChI=1S/C10H8FNO2.C7H7FIN.CH4/c1-5-2-6-3-9(10(13)14)12-8(6)4-7(5)11;1-4-2-6(9)7(10)3-5(4)8;/h2-4,12H,1H3,(H,13,14);2-3H,10H2,1H3;1H4. The van der Waals surface area contributed by atoms with Crippen molar-refractivity contribution in [2.45, 2.75) is 21.3 Å². The lowest BCUT2D eigenvalue weighted by Gasteiger charge is -1.99. The Morgan fingerprint density at radius 2 is 1.64 bits per heavy atom. The molecule has 0 atom stereocenters. The van der Waals surface area contributed by atoms with Gasteiger partial charge in [-0.3, -0.25) is 0 Å². The van der Waals surface area contributed by atoms with Gasteiger partial charge in [0, 0.05) is 20.2 Å². The first-order valence-corrected chi connectivity index (χ1v) is 8.00. The number of nitrogen functional groups attached to an aromatic ring is 1. The lowest BCUT2D eigenvalue weighted by atomic mass is 10.1. The monoisotopic (exact) mass is 460 g/mol. The number of aryl methyl sites for hydroxylation is 2. The summed E-state index contributed by atoms with van der Waals surface area (Å²) in [6.45, 7) is 3.36. The Hall–Kier alpha value is -2.16. The van der Waals surface area contributed by atoms with Crippen molar-refractivity contribution in [3.8, 4) is 0 Å². The van der Waals surface area contributed by atoms with Gasteiger partial charge in [0.1, 0.15) is 17.3 Å². The zero-order valence-corrected chi connectivity index (χ0v) is 15.1. The Kier molecular flexibility index (Phi) is 6.92. The summed E-state index contributed by atoms with van der Waals surface area (Å²) >= 11 is 2.07. The number of fused-ring (bicyclic) bond motifs is 1. The SMILES string of the molecule is C.Cc1cc(I)c(N)cc1F.Cc1cc2cc(C(=O)O)[nH]c2cc1F. The molecule has 25 heavy (non-hydrogen) atoms. The first-order valence-electron chi connectivity index (χ1n) is 6.92. The summed E-state index contributed by atoms with van der Waals surface area (Å²) in [5, 5.41) is 9.41. The number of nitrogens with two attached hydrogens (primary N) is 1. The largest absolute Gasteiger partial charge is 0.477 e. The Balaban J connectivity index is 0.000000254. The predicted molar refractivity (Wildman–Crippen MR) is 105 cm³/mol. The number of hydrogen-bond donors (Lipinski definition) is 3. The lowest BCUT2D eigenvalue weighted by Crippen LogP contribution is -1.94. The number of benzene rings is 2. The first-order chi connectivity index (χ1) is 11.2. The van der Waals surface area contributed by atoms with Crippen LogP contribution in [0.3, 0.4) is 0 Å². The quantitative estimate of drug-likeness (QED) is 0.342. The van der Waals surface area contributed by atoms with Crippen molar-refractivity contribution in [1.29, 1.82) is 0 Å². The van der Waals surface area contributed by atoms with E-state index in [0.29, 0.717) is 27.7 Å². The van der Waals surface area contributed by atoms with E-state index in [0.717, 1.165) is 3.57 Å². The Labute approximate surface area is 158 Å². The van der Waals surface area contributed by atoms with Gasteiger partial charge in [-0.2, -0.15) is 0 Å². The van der Waals surface area contributed by atoms with Gasteiger partial charge in [0.25, 0.3) is 0 Å². The van der Waals surface area contributed by atoms with Crippen LogP contribution in [-0.4, -0.2) is 16.1 Å². The third-order valence-electron chi connectivity index (χ3n) is 3.41. The fraction of sp³-hybridized carbons (Fsp3) is 0.167. The number of aromatic amines is 1. The molecule has 0 fully saturated rings. The predicted octanol–water partition coefficient (Wildman–Crippen LogP) is 5.27. The van der Waals surface area contributed by atoms with Crippen molar-refractivity contribution in [3.05, 3.63) is 62.4 Å².